The van der Waals surface area contributed by atoms with Crippen LogP contribution in [0, 0.1) is 18.8 Å². The summed E-state index contributed by atoms with van der Waals surface area (Å²) in [5, 5.41) is 3.10. The van der Waals surface area contributed by atoms with Gasteiger partial charge in [0, 0.05) is 16.7 Å². The Kier molecular flexibility index (Phi) is 3.92. The minimum Gasteiger partial charge on any atom is -0.347 e. The summed E-state index contributed by atoms with van der Waals surface area (Å²) in [5.74, 6) is 5.83. The van der Waals surface area contributed by atoms with Crippen molar-refractivity contribution in [3.05, 3.63) is 34.9 Å². The third-order valence-electron chi connectivity index (χ3n) is 3.69. The number of carbonyl (C=O) groups excluding carboxylic acids is 1. The lowest BCUT2D eigenvalue weighted by atomic mass is 9.78. The van der Waals surface area contributed by atoms with Crippen molar-refractivity contribution in [2.45, 2.75) is 38.6 Å². The molecule has 3 nitrogen and oxygen atoms in total. The predicted octanol–water partition coefficient (Wildman–Crippen LogP) is 1.98. The molecule has 0 saturated heterocycles. The van der Waals surface area contributed by atoms with Gasteiger partial charge in [-0.15, -0.1) is 0 Å². The molecular formula is C16H20N2O. The molecule has 0 aromatic heterocycles. The van der Waals surface area contributed by atoms with E-state index in [9.17, 15) is 4.79 Å². The minimum atomic E-state index is -0.0109. The van der Waals surface area contributed by atoms with Crippen LogP contribution in [0.2, 0.25) is 0 Å². The molecule has 0 atom stereocenters. The summed E-state index contributed by atoms with van der Waals surface area (Å²) in [6.07, 6.45) is 3.33. The Bertz CT molecular complexity index is 548. The van der Waals surface area contributed by atoms with E-state index in [1.54, 1.807) is 0 Å². The van der Waals surface area contributed by atoms with Gasteiger partial charge in [-0.25, -0.2) is 0 Å². The summed E-state index contributed by atoms with van der Waals surface area (Å²) >= 11 is 0. The van der Waals surface area contributed by atoms with Crippen LogP contribution in [0.4, 0.5) is 0 Å². The van der Waals surface area contributed by atoms with Crippen LogP contribution in [0.1, 0.15) is 47.7 Å². The van der Waals surface area contributed by atoms with E-state index in [0.29, 0.717) is 12.1 Å². The number of carbonyl (C=O) groups is 1. The van der Waals surface area contributed by atoms with Crippen molar-refractivity contribution in [2.24, 2.45) is 5.73 Å². The highest BCUT2D eigenvalue weighted by Crippen LogP contribution is 2.31. The average Bonchev–Trinajstić information content (AvgIpc) is 2.35. The third-order valence-corrected chi connectivity index (χ3v) is 3.69. The zero-order valence-corrected chi connectivity index (χ0v) is 11.5. The van der Waals surface area contributed by atoms with Gasteiger partial charge in [-0.1, -0.05) is 11.8 Å². The molecule has 3 heteroatoms. The van der Waals surface area contributed by atoms with Crippen LogP contribution in [-0.2, 0) is 0 Å². The number of benzene rings is 1. The first-order valence-electron chi connectivity index (χ1n) is 6.66. The van der Waals surface area contributed by atoms with Crippen molar-refractivity contribution >= 4 is 5.91 Å². The number of aryl methyl sites for hydroxylation is 1. The Morgan fingerprint density at radius 2 is 2.21 bits per heavy atom. The van der Waals surface area contributed by atoms with E-state index in [4.69, 9.17) is 5.73 Å². The smallest absolute Gasteiger partial charge is 0.251 e. The molecule has 0 heterocycles. The number of amides is 1. The van der Waals surface area contributed by atoms with Gasteiger partial charge in [0.2, 0.25) is 0 Å². The maximum absolute atomic E-state index is 12.2. The zero-order chi connectivity index (χ0) is 13.9. The Labute approximate surface area is 114 Å². The van der Waals surface area contributed by atoms with Crippen LogP contribution in [-0.4, -0.2) is 18.0 Å². The number of rotatable bonds is 2. The first-order valence-corrected chi connectivity index (χ1v) is 6.66. The van der Waals surface area contributed by atoms with Crippen molar-refractivity contribution in [2.75, 3.05) is 6.54 Å². The quantitative estimate of drug-likeness (QED) is 0.795. The molecule has 1 aliphatic carbocycles. The molecule has 0 radical (unpaired) electrons. The molecule has 1 aliphatic rings. The second-order valence-electron chi connectivity index (χ2n) is 5.40. The van der Waals surface area contributed by atoms with Crippen LogP contribution in [0.25, 0.3) is 0 Å². The van der Waals surface area contributed by atoms with E-state index in [1.807, 2.05) is 25.1 Å². The van der Waals surface area contributed by atoms with Gasteiger partial charge in [0.15, 0.2) is 0 Å². The van der Waals surface area contributed by atoms with Crippen molar-refractivity contribution in [3.63, 3.8) is 0 Å². The first-order chi connectivity index (χ1) is 9.04. The van der Waals surface area contributed by atoms with Gasteiger partial charge in [-0.3, -0.25) is 4.79 Å². The maximum Gasteiger partial charge on any atom is 0.251 e. The van der Waals surface area contributed by atoms with Gasteiger partial charge in [-0.2, -0.15) is 0 Å². The van der Waals surface area contributed by atoms with E-state index in [0.717, 1.165) is 24.0 Å². The second kappa shape index (κ2) is 5.46. The van der Waals surface area contributed by atoms with E-state index in [2.05, 4.69) is 24.1 Å². The molecule has 1 amide bonds. The van der Waals surface area contributed by atoms with Crippen LogP contribution in [0.3, 0.4) is 0 Å². The normalized spacial score (nSPS) is 15.9. The van der Waals surface area contributed by atoms with Gasteiger partial charge in [0.25, 0.3) is 5.91 Å². The van der Waals surface area contributed by atoms with Crippen LogP contribution < -0.4 is 11.1 Å². The van der Waals surface area contributed by atoms with Gasteiger partial charge in [0.1, 0.15) is 0 Å². The fraction of sp³-hybridized carbons (Fsp3) is 0.438. The molecule has 2 rings (SSSR count). The Morgan fingerprint density at radius 1 is 1.47 bits per heavy atom. The third kappa shape index (κ3) is 3.15. The van der Waals surface area contributed by atoms with Crippen molar-refractivity contribution < 1.29 is 4.79 Å². The summed E-state index contributed by atoms with van der Waals surface area (Å²) < 4.78 is 0. The van der Waals surface area contributed by atoms with E-state index in [-0.39, 0.29) is 11.4 Å². The van der Waals surface area contributed by atoms with Gasteiger partial charge in [-0.05, 0) is 56.9 Å². The number of hydrogen-bond donors (Lipinski definition) is 2. The van der Waals surface area contributed by atoms with E-state index >= 15 is 0 Å². The molecule has 0 unspecified atom stereocenters. The second-order valence-corrected chi connectivity index (χ2v) is 5.40. The van der Waals surface area contributed by atoms with Crippen molar-refractivity contribution in [1.82, 2.24) is 5.32 Å². The number of nitrogens with one attached hydrogen (secondary N) is 1. The van der Waals surface area contributed by atoms with E-state index < -0.39 is 0 Å². The molecule has 3 N–H and O–H groups in total. The van der Waals surface area contributed by atoms with Crippen LogP contribution in [0.15, 0.2) is 18.2 Å². The zero-order valence-electron chi connectivity index (χ0n) is 11.5. The SMILES string of the molecule is Cc1cc(C(=O)NC2(C)CCC2)ccc1C#CCN. The lowest BCUT2D eigenvalue weighted by Gasteiger charge is -2.39. The molecule has 1 aromatic carbocycles. The molecule has 1 saturated carbocycles. The lowest BCUT2D eigenvalue weighted by molar-refractivity contribution is 0.0850. The van der Waals surface area contributed by atoms with Crippen LogP contribution in [0.5, 0.6) is 0 Å². The van der Waals surface area contributed by atoms with Gasteiger partial charge >= 0.3 is 0 Å². The lowest BCUT2D eigenvalue weighted by Crippen LogP contribution is -2.50. The number of hydrogen-bond acceptors (Lipinski definition) is 2. The fourth-order valence-corrected chi connectivity index (χ4v) is 2.27. The Morgan fingerprint density at radius 3 is 2.74 bits per heavy atom. The van der Waals surface area contributed by atoms with Gasteiger partial charge in [0.05, 0.1) is 6.54 Å². The summed E-state index contributed by atoms with van der Waals surface area (Å²) in [6, 6.07) is 5.60. The molecule has 1 fully saturated rings. The topological polar surface area (TPSA) is 55.1 Å². The Hall–Kier alpha value is -1.79. The summed E-state index contributed by atoms with van der Waals surface area (Å²) in [6.45, 7) is 4.41. The monoisotopic (exact) mass is 256 g/mol. The summed E-state index contributed by atoms with van der Waals surface area (Å²) in [5.41, 5.74) is 7.98. The molecule has 0 bridgehead atoms. The largest absolute Gasteiger partial charge is 0.347 e. The Balaban J connectivity index is 2.12. The summed E-state index contributed by atoms with van der Waals surface area (Å²) in [7, 11) is 0. The summed E-state index contributed by atoms with van der Waals surface area (Å²) in [4.78, 5) is 12.2. The maximum atomic E-state index is 12.2. The first kappa shape index (κ1) is 13.6. The highest BCUT2D eigenvalue weighted by atomic mass is 16.1. The molecular weight excluding hydrogens is 236 g/mol. The molecule has 19 heavy (non-hydrogen) atoms. The highest BCUT2D eigenvalue weighted by Gasteiger charge is 2.33. The highest BCUT2D eigenvalue weighted by molar-refractivity contribution is 5.95. The molecule has 1 aromatic rings. The fourth-order valence-electron chi connectivity index (χ4n) is 2.27. The van der Waals surface area contributed by atoms with Crippen molar-refractivity contribution in [1.29, 1.82) is 0 Å². The predicted molar refractivity (Wildman–Crippen MR) is 76.8 cm³/mol. The van der Waals surface area contributed by atoms with Crippen molar-refractivity contribution in [3.8, 4) is 11.8 Å². The average molecular weight is 256 g/mol. The molecule has 0 spiro atoms. The molecule has 100 valence electrons. The van der Waals surface area contributed by atoms with Crippen LogP contribution >= 0.6 is 0 Å². The minimum absolute atomic E-state index is 0.00336. The van der Waals surface area contributed by atoms with E-state index in [1.165, 1.54) is 6.42 Å². The standard InChI is InChI=1S/C16H20N2O/c1-12-11-14(7-6-13(12)5-3-10-17)15(19)18-16(2)8-4-9-16/h6-7,11H,4,8-10,17H2,1-2H3,(H,18,19). The number of nitrogens with two attached hydrogens (primary N) is 1. The van der Waals surface area contributed by atoms with Gasteiger partial charge < -0.3 is 11.1 Å². The molecule has 0 aliphatic heterocycles.